The average molecular weight is 500 g/mol. The van der Waals surface area contributed by atoms with Gasteiger partial charge in [-0.05, 0) is 50.0 Å². The van der Waals surface area contributed by atoms with Gasteiger partial charge in [0.2, 0.25) is 5.91 Å². The lowest BCUT2D eigenvalue weighted by atomic mass is 9.99. The van der Waals surface area contributed by atoms with Gasteiger partial charge in [0.1, 0.15) is 0 Å². The fourth-order valence-electron chi connectivity index (χ4n) is 4.14. The molecule has 37 heavy (non-hydrogen) atoms. The molecule has 0 aromatic heterocycles. The van der Waals surface area contributed by atoms with Crippen LogP contribution in [0.2, 0.25) is 0 Å². The number of benzene rings is 3. The molecular weight excluding hydrogens is 470 g/mol. The van der Waals surface area contributed by atoms with Crippen molar-refractivity contribution in [2.75, 3.05) is 56.1 Å². The van der Waals surface area contributed by atoms with Gasteiger partial charge in [-0.2, -0.15) is 0 Å². The van der Waals surface area contributed by atoms with Crippen LogP contribution in [-0.4, -0.2) is 57.5 Å². The van der Waals surface area contributed by atoms with Gasteiger partial charge in [0.25, 0.3) is 5.91 Å². The van der Waals surface area contributed by atoms with Crippen molar-refractivity contribution in [2.24, 2.45) is 0 Å². The molecule has 0 saturated carbocycles. The number of nitrogens with one attached hydrogen (secondary N) is 2. The second-order valence-electron chi connectivity index (χ2n) is 8.91. The zero-order valence-electron chi connectivity index (χ0n) is 21.2. The van der Waals surface area contributed by atoms with E-state index >= 15 is 0 Å². The molecule has 0 bridgehead atoms. The maximum atomic E-state index is 13.2. The predicted molar refractivity (Wildman–Crippen MR) is 146 cm³/mol. The molecule has 3 aromatic rings. The molecule has 0 radical (unpaired) electrons. The third kappa shape index (κ3) is 5.31. The Bertz CT molecular complexity index is 1400. The fraction of sp³-hybridized carbons (Fsp3) is 0.179. The number of hydrogen-bond acceptors (Lipinski definition) is 7. The number of nitrogens with two attached hydrogens (primary N) is 1. The lowest BCUT2D eigenvalue weighted by Crippen LogP contribution is -2.35. The van der Waals surface area contributed by atoms with Crippen molar-refractivity contribution in [3.05, 3.63) is 83.4 Å². The van der Waals surface area contributed by atoms with Gasteiger partial charge in [-0.15, -0.1) is 0 Å². The number of likely N-dealkylation sites (N-methyl/N-ethyl adjacent to an activating group) is 2. The van der Waals surface area contributed by atoms with Crippen LogP contribution in [0.15, 0.2) is 66.7 Å². The second kappa shape index (κ2) is 10.5. The zero-order chi connectivity index (χ0) is 26.7. The number of hydrogen-bond donors (Lipinski definition) is 3. The molecule has 0 aliphatic carbocycles. The summed E-state index contributed by atoms with van der Waals surface area (Å²) in [5.41, 5.74) is 11.3. The van der Waals surface area contributed by atoms with E-state index in [0.717, 1.165) is 5.56 Å². The Hall–Kier alpha value is -4.63. The number of nitrogen functional groups attached to an aromatic ring is 1. The molecule has 4 N–H and O–H groups in total. The van der Waals surface area contributed by atoms with E-state index in [1.807, 2.05) is 50.5 Å². The highest BCUT2D eigenvalue weighted by Crippen LogP contribution is 2.38. The molecule has 190 valence electrons. The molecule has 1 aliphatic rings. The number of rotatable bonds is 7. The Morgan fingerprint density at radius 1 is 0.973 bits per heavy atom. The van der Waals surface area contributed by atoms with Crippen LogP contribution in [0.1, 0.15) is 21.5 Å². The van der Waals surface area contributed by atoms with E-state index in [9.17, 15) is 14.4 Å². The summed E-state index contributed by atoms with van der Waals surface area (Å²) in [6, 6.07) is 19.7. The topological polar surface area (TPSA) is 117 Å². The van der Waals surface area contributed by atoms with Crippen molar-refractivity contribution in [1.29, 1.82) is 0 Å². The van der Waals surface area contributed by atoms with Crippen LogP contribution in [0.3, 0.4) is 0 Å². The van der Waals surface area contributed by atoms with Crippen LogP contribution in [0, 0.1) is 0 Å². The minimum absolute atomic E-state index is 0.0879. The third-order valence-corrected chi connectivity index (χ3v) is 5.98. The highest BCUT2D eigenvalue weighted by Gasteiger charge is 2.29. The number of ether oxygens (including phenoxy) is 1. The van der Waals surface area contributed by atoms with Crippen LogP contribution >= 0.6 is 0 Å². The van der Waals surface area contributed by atoms with Gasteiger partial charge < -0.3 is 30.9 Å². The van der Waals surface area contributed by atoms with Gasteiger partial charge in [0, 0.05) is 18.3 Å². The van der Waals surface area contributed by atoms with Crippen LogP contribution < -0.4 is 21.3 Å². The first-order chi connectivity index (χ1) is 17.7. The van der Waals surface area contributed by atoms with Crippen molar-refractivity contribution < 1.29 is 19.1 Å². The number of carbonyl (C=O) groups is 3. The van der Waals surface area contributed by atoms with Crippen LogP contribution in [0.4, 0.5) is 22.7 Å². The molecule has 0 saturated heterocycles. The second-order valence-corrected chi connectivity index (χ2v) is 8.91. The van der Waals surface area contributed by atoms with E-state index in [-0.39, 0.29) is 18.4 Å². The van der Waals surface area contributed by atoms with Crippen molar-refractivity contribution in [2.45, 2.75) is 0 Å². The minimum Gasteiger partial charge on any atom is -0.465 e. The molecule has 2 amide bonds. The number of fused-ring (bicyclic) bond motifs is 1. The molecule has 9 heteroatoms. The summed E-state index contributed by atoms with van der Waals surface area (Å²) in [5.74, 6) is -0.877. The van der Waals surface area contributed by atoms with Crippen LogP contribution in [0.5, 0.6) is 0 Å². The predicted octanol–water partition coefficient (Wildman–Crippen LogP) is 3.51. The summed E-state index contributed by atoms with van der Waals surface area (Å²) in [7, 11) is 6.65. The lowest BCUT2D eigenvalue weighted by molar-refractivity contribution is -0.119. The first-order valence-corrected chi connectivity index (χ1v) is 11.6. The maximum Gasteiger partial charge on any atom is 0.337 e. The molecule has 3 aromatic carbocycles. The number of methoxy groups -OCH3 is 1. The molecule has 0 atom stereocenters. The smallest absolute Gasteiger partial charge is 0.337 e. The molecule has 4 rings (SSSR count). The average Bonchev–Trinajstić information content (AvgIpc) is 3.21. The summed E-state index contributed by atoms with van der Waals surface area (Å²) in [5, 5.41) is 6.21. The van der Waals surface area contributed by atoms with E-state index in [1.54, 1.807) is 42.3 Å². The molecule has 0 spiro atoms. The highest BCUT2D eigenvalue weighted by molar-refractivity contribution is 6.37. The number of carbonyl (C=O) groups excluding carboxylic acids is 3. The fourth-order valence-corrected chi connectivity index (χ4v) is 4.14. The maximum absolute atomic E-state index is 13.2. The molecule has 9 nitrogen and oxygen atoms in total. The van der Waals surface area contributed by atoms with Crippen LogP contribution in [0.25, 0.3) is 11.3 Å². The Balaban J connectivity index is 1.75. The standard InChI is InChI=1S/C28H29N5O4/c1-32(2)16-24(34)33(3)23-13-11-19(15-21(23)29)30-26(17-8-6-5-7-9-17)25-20-12-10-18(28(36)37-4)14-22(20)31-27(25)35/h5-15,30H,16,29H2,1-4H3,(H,31,35). The van der Waals surface area contributed by atoms with E-state index in [1.165, 1.54) is 12.0 Å². The third-order valence-electron chi connectivity index (χ3n) is 5.98. The summed E-state index contributed by atoms with van der Waals surface area (Å²) in [6.07, 6.45) is 0. The van der Waals surface area contributed by atoms with Crippen molar-refractivity contribution >= 4 is 51.8 Å². The van der Waals surface area contributed by atoms with Gasteiger partial charge in [-0.25, -0.2) is 4.79 Å². The number of esters is 1. The van der Waals surface area contributed by atoms with Crippen molar-refractivity contribution in [3.8, 4) is 0 Å². The van der Waals surface area contributed by atoms with E-state index < -0.39 is 5.97 Å². The first kappa shape index (κ1) is 25.5. The Morgan fingerprint density at radius 2 is 1.70 bits per heavy atom. The summed E-state index contributed by atoms with van der Waals surface area (Å²) in [6.45, 7) is 0.256. The van der Waals surface area contributed by atoms with Crippen LogP contribution in [-0.2, 0) is 14.3 Å². The van der Waals surface area contributed by atoms with E-state index in [0.29, 0.717) is 45.1 Å². The Labute approximate surface area is 215 Å². The van der Waals surface area contributed by atoms with Crippen molar-refractivity contribution in [1.82, 2.24) is 4.90 Å². The minimum atomic E-state index is -0.486. The van der Waals surface area contributed by atoms with Gasteiger partial charge >= 0.3 is 5.97 Å². The summed E-state index contributed by atoms with van der Waals surface area (Å²) < 4.78 is 4.80. The van der Waals surface area contributed by atoms with Gasteiger partial charge in [-0.3, -0.25) is 9.59 Å². The number of amides is 2. The summed E-state index contributed by atoms with van der Waals surface area (Å²) in [4.78, 5) is 41.0. The molecule has 0 unspecified atom stereocenters. The highest BCUT2D eigenvalue weighted by atomic mass is 16.5. The Morgan fingerprint density at radius 3 is 2.35 bits per heavy atom. The quantitative estimate of drug-likeness (QED) is 0.259. The van der Waals surface area contributed by atoms with Gasteiger partial charge in [0.15, 0.2) is 0 Å². The molecule has 1 heterocycles. The number of nitrogens with zero attached hydrogens (tertiary/aromatic N) is 2. The van der Waals surface area contributed by atoms with Gasteiger partial charge in [-0.1, -0.05) is 36.4 Å². The largest absolute Gasteiger partial charge is 0.465 e. The normalized spacial score (nSPS) is 13.6. The molecular formula is C28H29N5O4. The molecule has 1 aliphatic heterocycles. The summed E-state index contributed by atoms with van der Waals surface area (Å²) >= 11 is 0. The van der Waals surface area contributed by atoms with Gasteiger partial charge in [0.05, 0.1) is 47.6 Å². The van der Waals surface area contributed by atoms with Crippen molar-refractivity contribution in [3.63, 3.8) is 0 Å². The molecule has 0 fully saturated rings. The monoisotopic (exact) mass is 499 g/mol. The Kier molecular flexibility index (Phi) is 7.26. The lowest BCUT2D eigenvalue weighted by Gasteiger charge is -2.22. The van der Waals surface area contributed by atoms with E-state index in [2.05, 4.69) is 10.6 Å². The van der Waals surface area contributed by atoms with E-state index in [4.69, 9.17) is 10.5 Å². The number of anilines is 4. The SMILES string of the molecule is COC(=O)c1ccc2c(c1)NC(=O)C2=C(Nc1ccc(N(C)C(=O)CN(C)C)c(N)c1)c1ccccc1. The first-order valence-electron chi connectivity index (χ1n) is 11.6. The zero-order valence-corrected chi connectivity index (χ0v) is 21.2.